The van der Waals surface area contributed by atoms with Crippen molar-refractivity contribution in [2.75, 3.05) is 7.11 Å². The van der Waals surface area contributed by atoms with Gasteiger partial charge in [0.1, 0.15) is 5.75 Å². The van der Waals surface area contributed by atoms with Crippen LogP contribution in [0.4, 0.5) is 0 Å². The largest absolute Gasteiger partial charge is 0.496 e. The third-order valence-electron chi connectivity index (χ3n) is 3.30. The fourth-order valence-electron chi connectivity index (χ4n) is 2.30. The average molecular weight is 220 g/mol. The molecule has 16 heavy (non-hydrogen) atoms. The Morgan fingerprint density at radius 1 is 1.38 bits per heavy atom. The van der Waals surface area contributed by atoms with E-state index in [1.54, 1.807) is 7.11 Å². The zero-order valence-corrected chi connectivity index (χ0v) is 9.83. The molecular formula is C13H16O3. The van der Waals surface area contributed by atoms with Crippen molar-refractivity contribution in [2.45, 2.75) is 32.1 Å². The van der Waals surface area contributed by atoms with Gasteiger partial charge in [-0.3, -0.25) is 4.79 Å². The highest BCUT2D eigenvalue weighted by Crippen LogP contribution is 2.52. The quantitative estimate of drug-likeness (QED) is 0.851. The summed E-state index contributed by atoms with van der Waals surface area (Å²) in [6.07, 6.45) is 1.42. The van der Waals surface area contributed by atoms with Crippen molar-refractivity contribution in [1.82, 2.24) is 0 Å². The molecule has 86 valence electrons. The summed E-state index contributed by atoms with van der Waals surface area (Å²) in [5, 5.41) is 9.30. The molecule has 3 nitrogen and oxygen atoms in total. The molecule has 1 aromatic rings. The van der Waals surface area contributed by atoms with E-state index >= 15 is 0 Å². The average Bonchev–Trinajstić information content (AvgIpc) is 2.97. The Labute approximate surface area is 95.0 Å². The molecule has 0 radical (unpaired) electrons. The summed E-state index contributed by atoms with van der Waals surface area (Å²) in [6.45, 7) is 3.93. The fraction of sp³-hybridized carbons (Fsp3) is 0.462. The van der Waals surface area contributed by atoms with Crippen LogP contribution >= 0.6 is 0 Å². The minimum atomic E-state index is -0.740. The topological polar surface area (TPSA) is 46.5 Å². The third-order valence-corrected chi connectivity index (χ3v) is 3.30. The lowest BCUT2D eigenvalue weighted by molar-refractivity contribution is -0.140. The molecule has 0 amide bonds. The number of carboxylic acids is 1. The lowest BCUT2D eigenvalue weighted by atomic mass is 9.91. The van der Waals surface area contributed by atoms with Crippen molar-refractivity contribution in [1.29, 1.82) is 0 Å². The van der Waals surface area contributed by atoms with Crippen LogP contribution in [0.3, 0.4) is 0 Å². The first-order valence-electron chi connectivity index (χ1n) is 5.40. The molecule has 1 fully saturated rings. The lowest BCUT2D eigenvalue weighted by Gasteiger charge is -2.17. The molecule has 1 aliphatic carbocycles. The van der Waals surface area contributed by atoms with E-state index in [0.717, 1.165) is 22.4 Å². The van der Waals surface area contributed by atoms with E-state index in [1.165, 1.54) is 0 Å². The van der Waals surface area contributed by atoms with Crippen molar-refractivity contribution in [3.8, 4) is 5.75 Å². The number of benzene rings is 1. The van der Waals surface area contributed by atoms with Gasteiger partial charge in [-0.2, -0.15) is 0 Å². The minimum Gasteiger partial charge on any atom is -0.496 e. The second-order valence-electron chi connectivity index (χ2n) is 4.55. The van der Waals surface area contributed by atoms with Gasteiger partial charge in [-0.05, 0) is 32.3 Å². The maximum absolute atomic E-state index is 11.3. The molecule has 0 atom stereocenters. The summed E-state index contributed by atoms with van der Waals surface area (Å²) >= 11 is 0. The van der Waals surface area contributed by atoms with Gasteiger partial charge in [0.15, 0.2) is 0 Å². The second-order valence-corrected chi connectivity index (χ2v) is 4.55. The van der Waals surface area contributed by atoms with Crippen LogP contribution in [0, 0.1) is 13.8 Å². The first-order chi connectivity index (χ1) is 7.51. The van der Waals surface area contributed by atoms with Crippen LogP contribution in [-0.2, 0) is 10.2 Å². The molecule has 3 heteroatoms. The molecule has 1 saturated carbocycles. The first kappa shape index (κ1) is 11.0. The third kappa shape index (κ3) is 1.47. The molecule has 0 heterocycles. The number of ether oxygens (including phenoxy) is 1. The maximum atomic E-state index is 11.3. The van der Waals surface area contributed by atoms with Crippen LogP contribution in [0.1, 0.15) is 29.5 Å². The standard InChI is InChI=1S/C13H16O3/c1-8-6-9(2)11(16-3)10(7-8)13(4-5-13)12(14)15/h6-7H,4-5H2,1-3H3,(H,14,15). The molecule has 0 bridgehead atoms. The van der Waals surface area contributed by atoms with Gasteiger partial charge in [-0.15, -0.1) is 0 Å². The molecule has 1 N–H and O–H groups in total. The van der Waals surface area contributed by atoms with Crippen LogP contribution in [0.2, 0.25) is 0 Å². The Morgan fingerprint density at radius 3 is 2.44 bits per heavy atom. The number of methoxy groups -OCH3 is 1. The predicted molar refractivity (Wildman–Crippen MR) is 61.0 cm³/mol. The summed E-state index contributed by atoms with van der Waals surface area (Å²) in [7, 11) is 1.60. The van der Waals surface area contributed by atoms with Crippen molar-refractivity contribution >= 4 is 5.97 Å². The van der Waals surface area contributed by atoms with Crippen molar-refractivity contribution in [2.24, 2.45) is 0 Å². The van der Waals surface area contributed by atoms with Gasteiger partial charge in [-0.1, -0.05) is 17.7 Å². The summed E-state index contributed by atoms with van der Waals surface area (Å²) in [6, 6.07) is 3.95. The molecule has 1 aromatic carbocycles. The molecule has 0 unspecified atom stereocenters. The van der Waals surface area contributed by atoms with Crippen molar-refractivity contribution in [3.63, 3.8) is 0 Å². The molecule has 0 spiro atoms. The summed E-state index contributed by atoms with van der Waals surface area (Å²) in [5.74, 6) is -0.0127. The molecule has 0 aromatic heterocycles. The van der Waals surface area contributed by atoms with Gasteiger partial charge in [0.05, 0.1) is 12.5 Å². The molecule has 0 aliphatic heterocycles. The normalized spacial score (nSPS) is 16.9. The zero-order chi connectivity index (χ0) is 11.9. The number of rotatable bonds is 3. The van der Waals surface area contributed by atoms with Crippen molar-refractivity contribution in [3.05, 3.63) is 28.8 Å². The van der Waals surface area contributed by atoms with Gasteiger partial charge in [0, 0.05) is 5.56 Å². The summed E-state index contributed by atoms with van der Waals surface area (Å²) in [4.78, 5) is 11.3. The van der Waals surface area contributed by atoms with Gasteiger partial charge in [0.25, 0.3) is 0 Å². The smallest absolute Gasteiger partial charge is 0.314 e. The van der Waals surface area contributed by atoms with Crippen LogP contribution < -0.4 is 4.74 Å². The Hall–Kier alpha value is -1.51. The van der Waals surface area contributed by atoms with Crippen LogP contribution in [-0.4, -0.2) is 18.2 Å². The number of carboxylic acid groups (broad SMARTS) is 1. The van der Waals surface area contributed by atoms with Gasteiger partial charge in [0.2, 0.25) is 0 Å². The van der Waals surface area contributed by atoms with E-state index in [9.17, 15) is 9.90 Å². The number of aryl methyl sites for hydroxylation is 2. The van der Waals surface area contributed by atoms with E-state index in [-0.39, 0.29) is 0 Å². The minimum absolute atomic E-state index is 0.692. The van der Waals surface area contributed by atoms with E-state index in [0.29, 0.717) is 12.8 Å². The van der Waals surface area contributed by atoms with E-state index in [2.05, 4.69) is 0 Å². The van der Waals surface area contributed by atoms with Crippen LogP contribution in [0.5, 0.6) is 5.75 Å². The lowest BCUT2D eigenvalue weighted by Crippen LogP contribution is -2.20. The Bertz CT molecular complexity index is 445. The molecule has 2 rings (SSSR count). The summed E-state index contributed by atoms with van der Waals surface area (Å²) < 4.78 is 5.34. The van der Waals surface area contributed by atoms with E-state index in [4.69, 9.17) is 4.74 Å². The molecule has 1 aliphatic rings. The van der Waals surface area contributed by atoms with Crippen LogP contribution in [0.15, 0.2) is 12.1 Å². The second kappa shape index (κ2) is 3.51. The predicted octanol–water partition coefficient (Wildman–Crippen LogP) is 2.43. The monoisotopic (exact) mass is 220 g/mol. The molecular weight excluding hydrogens is 204 g/mol. The Kier molecular flexibility index (Phi) is 2.41. The fourth-order valence-corrected chi connectivity index (χ4v) is 2.30. The van der Waals surface area contributed by atoms with E-state index in [1.807, 2.05) is 26.0 Å². The highest BCUT2D eigenvalue weighted by molar-refractivity contribution is 5.86. The summed E-state index contributed by atoms with van der Waals surface area (Å²) in [5.41, 5.74) is 2.23. The van der Waals surface area contributed by atoms with Gasteiger partial charge < -0.3 is 9.84 Å². The highest BCUT2D eigenvalue weighted by Gasteiger charge is 2.53. The van der Waals surface area contributed by atoms with E-state index < -0.39 is 11.4 Å². The maximum Gasteiger partial charge on any atom is 0.314 e. The SMILES string of the molecule is COc1c(C)cc(C)cc1C1(C(=O)O)CC1. The molecule has 0 saturated heterocycles. The van der Waals surface area contributed by atoms with Gasteiger partial charge >= 0.3 is 5.97 Å². The first-order valence-corrected chi connectivity index (χ1v) is 5.40. The number of hydrogen-bond donors (Lipinski definition) is 1. The Balaban J connectivity index is 2.60. The number of hydrogen-bond acceptors (Lipinski definition) is 2. The zero-order valence-electron chi connectivity index (χ0n) is 9.83. The number of carbonyl (C=O) groups is 1. The highest BCUT2D eigenvalue weighted by atomic mass is 16.5. The van der Waals surface area contributed by atoms with Crippen LogP contribution in [0.25, 0.3) is 0 Å². The van der Waals surface area contributed by atoms with Crippen molar-refractivity contribution < 1.29 is 14.6 Å². The number of aliphatic carboxylic acids is 1. The Morgan fingerprint density at radius 2 is 2.00 bits per heavy atom. The van der Waals surface area contributed by atoms with Gasteiger partial charge in [-0.25, -0.2) is 0 Å².